The molecule has 1 aliphatic rings. The monoisotopic (exact) mass is 398 g/mol. The Kier molecular flexibility index (Phi) is 4.30. The summed E-state index contributed by atoms with van der Waals surface area (Å²) in [5.74, 6) is -0.342. The molecule has 134 valence electrons. The van der Waals surface area contributed by atoms with Crippen molar-refractivity contribution in [2.45, 2.75) is 0 Å². The number of aromatic nitrogens is 3. The van der Waals surface area contributed by atoms with E-state index in [9.17, 15) is 14.9 Å². The van der Waals surface area contributed by atoms with Crippen LogP contribution in [-0.2, 0) is 4.79 Å². The molecule has 1 aliphatic heterocycles. The van der Waals surface area contributed by atoms with Gasteiger partial charge in [0.05, 0.1) is 21.7 Å². The van der Waals surface area contributed by atoms with Crippen molar-refractivity contribution in [2.24, 2.45) is 0 Å². The van der Waals surface area contributed by atoms with Crippen molar-refractivity contribution in [2.75, 3.05) is 4.90 Å². The van der Waals surface area contributed by atoms with Gasteiger partial charge in [-0.2, -0.15) is 5.10 Å². The number of nitrogens with zero attached hydrogens (tertiary/aromatic N) is 4. The summed E-state index contributed by atoms with van der Waals surface area (Å²) in [5, 5.41) is 28.1. The van der Waals surface area contributed by atoms with Gasteiger partial charge < -0.3 is 0 Å². The predicted octanol–water partition coefficient (Wildman–Crippen LogP) is 3.50. The van der Waals surface area contributed by atoms with Crippen LogP contribution < -0.4 is 4.90 Å². The molecule has 27 heavy (non-hydrogen) atoms. The summed E-state index contributed by atoms with van der Waals surface area (Å²) in [6.07, 6.45) is 4.72. The summed E-state index contributed by atoms with van der Waals surface area (Å²) in [6.45, 7) is 0. The summed E-state index contributed by atoms with van der Waals surface area (Å²) in [6, 6.07) is 6.14. The van der Waals surface area contributed by atoms with Gasteiger partial charge in [-0.3, -0.25) is 25.4 Å². The summed E-state index contributed by atoms with van der Waals surface area (Å²) in [7, 11) is 0. The smallest absolute Gasteiger partial charge is 0.273 e. The van der Waals surface area contributed by atoms with Gasteiger partial charge in [0.15, 0.2) is 10.3 Å². The lowest BCUT2D eigenvalue weighted by Crippen LogP contribution is -2.27. The minimum atomic E-state index is -0.471. The molecule has 3 heterocycles. The highest BCUT2D eigenvalue weighted by Crippen LogP contribution is 2.37. The molecule has 2 N–H and O–H groups in total. The highest BCUT2D eigenvalue weighted by Gasteiger charge is 2.35. The van der Waals surface area contributed by atoms with E-state index >= 15 is 0 Å². The molecule has 1 fully saturated rings. The summed E-state index contributed by atoms with van der Waals surface area (Å²) < 4.78 is 0. The standard InChI is InChI=1S/C16H10N6O3S2/c17-15-21(16-18-4-5-26-16)14(23)12(27-15)7-10-8-19-20-13(10)9-2-1-3-11(6-9)22(24)25/h1-8,17H,(H,19,20)/b12-7+,17-15?. The third-order valence-corrected chi connectivity index (χ3v) is 5.38. The Morgan fingerprint density at radius 3 is 2.96 bits per heavy atom. The number of nitro groups is 1. The second-order valence-electron chi connectivity index (χ2n) is 5.38. The maximum atomic E-state index is 12.7. The molecule has 1 amide bonds. The Hall–Kier alpha value is -3.31. The molecule has 0 atom stereocenters. The van der Waals surface area contributed by atoms with Crippen molar-refractivity contribution in [1.29, 1.82) is 5.41 Å². The number of non-ortho nitro benzene ring substituents is 1. The van der Waals surface area contributed by atoms with Gasteiger partial charge in [-0.15, -0.1) is 11.3 Å². The van der Waals surface area contributed by atoms with Crippen LogP contribution in [0.25, 0.3) is 17.3 Å². The maximum Gasteiger partial charge on any atom is 0.273 e. The zero-order chi connectivity index (χ0) is 19.0. The van der Waals surface area contributed by atoms with Crippen LogP contribution in [0.4, 0.5) is 10.8 Å². The number of H-pyrrole nitrogens is 1. The lowest BCUT2D eigenvalue weighted by Gasteiger charge is -2.08. The van der Waals surface area contributed by atoms with E-state index in [0.717, 1.165) is 11.8 Å². The molecular formula is C16H10N6O3S2. The Labute approximate surface area is 160 Å². The largest absolute Gasteiger partial charge is 0.278 e. The quantitative estimate of drug-likeness (QED) is 0.393. The average Bonchev–Trinajstić information content (AvgIpc) is 3.37. The second kappa shape index (κ2) is 6.78. The average molecular weight is 398 g/mol. The van der Waals surface area contributed by atoms with Gasteiger partial charge >= 0.3 is 0 Å². The molecule has 0 unspecified atom stereocenters. The number of hydrogen-bond donors (Lipinski definition) is 2. The number of hydrogen-bond acceptors (Lipinski definition) is 8. The molecule has 2 aromatic heterocycles. The van der Waals surface area contributed by atoms with Crippen molar-refractivity contribution >= 4 is 51.1 Å². The highest BCUT2D eigenvalue weighted by atomic mass is 32.2. The van der Waals surface area contributed by atoms with Crippen LogP contribution in [0.2, 0.25) is 0 Å². The van der Waals surface area contributed by atoms with Crippen LogP contribution in [0.5, 0.6) is 0 Å². The first-order chi connectivity index (χ1) is 13.0. The van der Waals surface area contributed by atoms with Gasteiger partial charge in [-0.05, 0) is 17.8 Å². The fourth-order valence-corrected chi connectivity index (χ4v) is 4.08. The molecule has 9 nitrogen and oxygen atoms in total. The lowest BCUT2D eigenvalue weighted by molar-refractivity contribution is -0.384. The van der Waals surface area contributed by atoms with E-state index in [1.807, 2.05) is 0 Å². The molecule has 4 rings (SSSR count). The van der Waals surface area contributed by atoms with E-state index in [4.69, 9.17) is 5.41 Å². The first kappa shape index (κ1) is 17.1. The van der Waals surface area contributed by atoms with E-state index in [2.05, 4.69) is 15.2 Å². The molecule has 1 saturated heterocycles. The zero-order valence-corrected chi connectivity index (χ0v) is 15.1. The second-order valence-corrected chi connectivity index (χ2v) is 7.28. The molecule has 0 bridgehead atoms. The fraction of sp³-hybridized carbons (Fsp3) is 0. The molecule has 0 spiro atoms. The SMILES string of the molecule is N=C1S/C(=C/c2cn[nH]c2-c2cccc([N+](=O)[O-])c2)C(=O)N1c1nccs1. The number of benzene rings is 1. The Bertz CT molecular complexity index is 1090. The van der Waals surface area contributed by atoms with Crippen LogP contribution in [0, 0.1) is 15.5 Å². The van der Waals surface area contributed by atoms with Gasteiger partial charge in [0.25, 0.3) is 11.6 Å². The first-order valence-electron chi connectivity index (χ1n) is 7.55. The van der Waals surface area contributed by atoms with Crippen LogP contribution in [0.1, 0.15) is 5.56 Å². The normalized spacial score (nSPS) is 15.7. The molecule has 0 aliphatic carbocycles. The Balaban J connectivity index is 1.70. The number of carbonyl (C=O) groups is 1. The van der Waals surface area contributed by atoms with Crippen molar-refractivity contribution in [3.8, 4) is 11.3 Å². The molecule has 0 saturated carbocycles. The van der Waals surface area contributed by atoms with Crippen LogP contribution in [0.3, 0.4) is 0 Å². The highest BCUT2D eigenvalue weighted by molar-refractivity contribution is 8.19. The molecule has 3 aromatic rings. The number of nitro benzene ring substituents is 1. The van der Waals surface area contributed by atoms with Gasteiger partial charge in [0.2, 0.25) is 0 Å². The number of amides is 1. The summed E-state index contributed by atoms with van der Waals surface area (Å²) >= 11 is 2.30. The number of rotatable bonds is 4. The van der Waals surface area contributed by atoms with E-state index < -0.39 is 4.92 Å². The molecular weight excluding hydrogens is 388 g/mol. The number of nitrogens with one attached hydrogen (secondary N) is 2. The maximum absolute atomic E-state index is 12.7. The molecule has 1 aromatic carbocycles. The third-order valence-electron chi connectivity index (χ3n) is 3.74. The lowest BCUT2D eigenvalue weighted by atomic mass is 10.1. The first-order valence-corrected chi connectivity index (χ1v) is 9.24. The fourth-order valence-electron chi connectivity index (χ4n) is 2.54. The van der Waals surface area contributed by atoms with Crippen molar-refractivity contribution in [3.63, 3.8) is 0 Å². The molecule has 0 radical (unpaired) electrons. The number of thioether (sulfide) groups is 1. The van der Waals surface area contributed by atoms with E-state index in [1.54, 1.807) is 29.8 Å². The van der Waals surface area contributed by atoms with Crippen molar-refractivity contribution in [1.82, 2.24) is 15.2 Å². The number of anilines is 1. The van der Waals surface area contributed by atoms with Crippen LogP contribution in [0.15, 0.2) is 46.9 Å². The number of carbonyl (C=O) groups excluding carboxylic acids is 1. The number of amidine groups is 1. The molecule has 11 heteroatoms. The number of thiazole rings is 1. The topological polar surface area (TPSA) is 129 Å². The Morgan fingerprint density at radius 2 is 2.22 bits per heavy atom. The summed E-state index contributed by atoms with van der Waals surface area (Å²) in [5.41, 5.74) is 1.69. The van der Waals surface area contributed by atoms with Gasteiger partial charge in [-0.25, -0.2) is 9.88 Å². The third kappa shape index (κ3) is 3.13. The van der Waals surface area contributed by atoms with E-state index in [0.29, 0.717) is 26.9 Å². The van der Waals surface area contributed by atoms with E-state index in [1.165, 1.54) is 34.6 Å². The van der Waals surface area contributed by atoms with Crippen molar-refractivity contribution in [3.05, 3.63) is 62.6 Å². The van der Waals surface area contributed by atoms with Crippen LogP contribution >= 0.6 is 23.1 Å². The minimum Gasteiger partial charge on any atom is -0.278 e. The van der Waals surface area contributed by atoms with Gasteiger partial charge in [0.1, 0.15) is 0 Å². The Morgan fingerprint density at radius 1 is 1.37 bits per heavy atom. The zero-order valence-electron chi connectivity index (χ0n) is 13.4. The van der Waals surface area contributed by atoms with Crippen LogP contribution in [-0.4, -0.2) is 31.2 Å². The van der Waals surface area contributed by atoms with Gasteiger partial charge in [0, 0.05) is 34.8 Å². The summed E-state index contributed by atoms with van der Waals surface area (Å²) in [4.78, 5) is 28.9. The number of aromatic amines is 1. The minimum absolute atomic E-state index is 0.0382. The van der Waals surface area contributed by atoms with Gasteiger partial charge in [-0.1, -0.05) is 12.1 Å². The predicted molar refractivity (Wildman–Crippen MR) is 104 cm³/mol. The van der Waals surface area contributed by atoms with E-state index in [-0.39, 0.29) is 16.8 Å². The van der Waals surface area contributed by atoms with Crippen molar-refractivity contribution < 1.29 is 9.72 Å².